The van der Waals surface area contributed by atoms with Gasteiger partial charge in [0.2, 0.25) is 10.0 Å². The molecular weight excluding hydrogens is 429 g/mol. The van der Waals surface area contributed by atoms with Crippen LogP contribution >= 0.6 is 0 Å². The van der Waals surface area contributed by atoms with Crippen LogP contribution in [0.15, 0.2) is 71.6 Å². The molecule has 0 saturated heterocycles. The second kappa shape index (κ2) is 9.32. The molecule has 3 aromatic rings. The summed E-state index contributed by atoms with van der Waals surface area (Å²) in [7, 11) is -2.71. The Morgan fingerprint density at radius 2 is 1.61 bits per heavy atom. The Morgan fingerprint density at radius 1 is 0.935 bits per heavy atom. The van der Waals surface area contributed by atoms with Gasteiger partial charge in [0.1, 0.15) is 17.5 Å². The van der Waals surface area contributed by atoms with Gasteiger partial charge in [0.25, 0.3) is 5.91 Å². The van der Waals surface area contributed by atoms with Gasteiger partial charge in [0, 0.05) is 0 Å². The molecular formula is C22H19F3N2O3S. The van der Waals surface area contributed by atoms with Crippen LogP contribution in [0.4, 0.5) is 13.2 Å². The second-order valence-electron chi connectivity index (χ2n) is 6.76. The van der Waals surface area contributed by atoms with Gasteiger partial charge in [-0.05, 0) is 67.1 Å². The lowest BCUT2D eigenvalue weighted by atomic mass is 9.98. The van der Waals surface area contributed by atoms with Crippen molar-refractivity contribution in [3.05, 3.63) is 101 Å². The minimum atomic E-state index is -3.90. The molecule has 1 atom stereocenters. The van der Waals surface area contributed by atoms with E-state index >= 15 is 0 Å². The minimum absolute atomic E-state index is 0.100. The van der Waals surface area contributed by atoms with Crippen LogP contribution in [0.25, 0.3) is 0 Å². The first-order chi connectivity index (χ1) is 14.7. The van der Waals surface area contributed by atoms with Crippen molar-refractivity contribution >= 4 is 15.9 Å². The Labute approximate surface area is 178 Å². The quantitative estimate of drug-likeness (QED) is 0.579. The van der Waals surface area contributed by atoms with Crippen molar-refractivity contribution in [3.8, 4) is 0 Å². The summed E-state index contributed by atoms with van der Waals surface area (Å²) in [5, 5.41) is 2.60. The largest absolute Gasteiger partial charge is 0.345 e. The molecule has 3 aromatic carbocycles. The Kier molecular flexibility index (Phi) is 6.77. The molecule has 5 nitrogen and oxygen atoms in total. The van der Waals surface area contributed by atoms with Crippen LogP contribution in [0.2, 0.25) is 0 Å². The smallest absolute Gasteiger partial charge is 0.254 e. The van der Waals surface area contributed by atoms with Gasteiger partial charge in [-0.15, -0.1) is 0 Å². The maximum atomic E-state index is 14.3. The summed E-state index contributed by atoms with van der Waals surface area (Å²) in [5.74, 6) is -2.82. The molecule has 9 heteroatoms. The first-order valence-corrected chi connectivity index (χ1v) is 10.7. The molecule has 0 fully saturated rings. The van der Waals surface area contributed by atoms with Crippen LogP contribution < -0.4 is 10.0 Å². The summed E-state index contributed by atoms with van der Waals surface area (Å²) in [6.45, 7) is 0. The van der Waals surface area contributed by atoms with E-state index in [4.69, 9.17) is 0 Å². The van der Waals surface area contributed by atoms with E-state index in [0.717, 1.165) is 18.2 Å². The summed E-state index contributed by atoms with van der Waals surface area (Å²) < 4.78 is 67.8. The molecule has 2 N–H and O–H groups in total. The summed E-state index contributed by atoms with van der Waals surface area (Å²) >= 11 is 0. The number of hydrogen-bond acceptors (Lipinski definition) is 3. The maximum absolute atomic E-state index is 14.3. The first kappa shape index (κ1) is 22.5. The SMILES string of the molecule is CNS(=O)(=O)c1ccc(F)c(C(=O)NC(Cc2cccc(F)c2)c2cccc(F)c2)c1. The number of benzene rings is 3. The molecule has 0 aliphatic heterocycles. The van der Waals surface area contributed by atoms with Crippen LogP contribution in [0, 0.1) is 17.5 Å². The van der Waals surface area contributed by atoms with Gasteiger partial charge in [0.05, 0.1) is 16.5 Å². The van der Waals surface area contributed by atoms with E-state index in [-0.39, 0.29) is 11.3 Å². The monoisotopic (exact) mass is 448 g/mol. The highest BCUT2D eigenvalue weighted by molar-refractivity contribution is 7.89. The van der Waals surface area contributed by atoms with Crippen molar-refractivity contribution in [1.82, 2.24) is 10.0 Å². The highest BCUT2D eigenvalue weighted by Crippen LogP contribution is 2.22. The highest BCUT2D eigenvalue weighted by Gasteiger charge is 2.22. The van der Waals surface area contributed by atoms with Gasteiger partial charge in [-0.1, -0.05) is 24.3 Å². The van der Waals surface area contributed by atoms with Crippen molar-refractivity contribution < 1.29 is 26.4 Å². The molecule has 1 unspecified atom stereocenters. The summed E-state index contributed by atoms with van der Waals surface area (Å²) in [5.41, 5.74) is 0.426. The van der Waals surface area contributed by atoms with Crippen molar-refractivity contribution in [3.63, 3.8) is 0 Å². The topological polar surface area (TPSA) is 75.3 Å². The third kappa shape index (κ3) is 5.50. The van der Waals surface area contributed by atoms with Gasteiger partial charge in [-0.2, -0.15) is 0 Å². The fourth-order valence-electron chi connectivity index (χ4n) is 3.07. The molecule has 1 amide bonds. The number of amides is 1. The fourth-order valence-corrected chi connectivity index (χ4v) is 3.83. The lowest BCUT2D eigenvalue weighted by Crippen LogP contribution is -2.31. The molecule has 0 saturated carbocycles. The van der Waals surface area contributed by atoms with E-state index in [1.807, 2.05) is 0 Å². The third-order valence-electron chi connectivity index (χ3n) is 4.65. The number of nitrogens with one attached hydrogen (secondary N) is 2. The van der Waals surface area contributed by atoms with Crippen LogP contribution in [-0.4, -0.2) is 21.4 Å². The van der Waals surface area contributed by atoms with Crippen LogP contribution in [0.1, 0.15) is 27.5 Å². The second-order valence-corrected chi connectivity index (χ2v) is 8.65. The van der Waals surface area contributed by atoms with Crippen molar-refractivity contribution in [1.29, 1.82) is 0 Å². The molecule has 0 aromatic heterocycles. The highest BCUT2D eigenvalue weighted by atomic mass is 32.2. The number of carbonyl (C=O) groups excluding carboxylic acids is 1. The normalized spacial score (nSPS) is 12.4. The Bertz CT molecular complexity index is 1220. The van der Waals surface area contributed by atoms with E-state index in [1.165, 1.54) is 43.4 Å². The number of hydrogen-bond donors (Lipinski definition) is 2. The minimum Gasteiger partial charge on any atom is -0.345 e. The summed E-state index contributed by atoms with van der Waals surface area (Å²) in [4.78, 5) is 12.5. The molecule has 0 bridgehead atoms. The van der Waals surface area contributed by atoms with Gasteiger partial charge in [-0.3, -0.25) is 4.79 Å². The fraction of sp³-hybridized carbons (Fsp3) is 0.136. The molecule has 162 valence electrons. The summed E-state index contributed by atoms with van der Waals surface area (Å²) in [6.07, 6.45) is 0.100. The number of sulfonamides is 1. The van der Waals surface area contributed by atoms with E-state index in [0.29, 0.717) is 11.1 Å². The number of carbonyl (C=O) groups is 1. The predicted octanol–water partition coefficient (Wildman–Crippen LogP) is 3.73. The molecule has 0 aliphatic rings. The zero-order valence-electron chi connectivity index (χ0n) is 16.4. The number of rotatable bonds is 7. The van der Waals surface area contributed by atoms with E-state index in [2.05, 4.69) is 10.0 Å². The zero-order valence-corrected chi connectivity index (χ0v) is 17.2. The van der Waals surface area contributed by atoms with Crippen molar-refractivity contribution in [2.45, 2.75) is 17.4 Å². The Hall–Kier alpha value is -3.17. The standard InChI is InChI=1S/C22H19F3N2O3S/c1-26-31(29,30)18-8-9-20(25)19(13-18)22(28)27-21(15-5-3-7-17(24)12-15)11-14-4-2-6-16(23)10-14/h2-10,12-13,21,26H,11H2,1H3,(H,27,28). The van der Waals surface area contributed by atoms with Gasteiger partial charge < -0.3 is 5.32 Å². The Morgan fingerprint density at radius 3 is 2.26 bits per heavy atom. The molecule has 0 aliphatic carbocycles. The Balaban J connectivity index is 1.96. The molecule has 0 radical (unpaired) electrons. The van der Waals surface area contributed by atoms with E-state index in [9.17, 15) is 26.4 Å². The van der Waals surface area contributed by atoms with Crippen LogP contribution in [0.5, 0.6) is 0 Å². The lowest BCUT2D eigenvalue weighted by molar-refractivity contribution is 0.0932. The average molecular weight is 448 g/mol. The van der Waals surface area contributed by atoms with Gasteiger partial charge in [-0.25, -0.2) is 26.3 Å². The lowest BCUT2D eigenvalue weighted by Gasteiger charge is -2.20. The van der Waals surface area contributed by atoms with E-state index < -0.39 is 45.0 Å². The van der Waals surface area contributed by atoms with Gasteiger partial charge in [0.15, 0.2) is 0 Å². The van der Waals surface area contributed by atoms with Crippen molar-refractivity contribution in [2.24, 2.45) is 0 Å². The third-order valence-corrected chi connectivity index (χ3v) is 6.06. The predicted molar refractivity (Wildman–Crippen MR) is 109 cm³/mol. The van der Waals surface area contributed by atoms with Crippen LogP contribution in [0.3, 0.4) is 0 Å². The molecule has 31 heavy (non-hydrogen) atoms. The van der Waals surface area contributed by atoms with Crippen molar-refractivity contribution in [2.75, 3.05) is 7.05 Å². The maximum Gasteiger partial charge on any atom is 0.254 e. The van der Waals surface area contributed by atoms with E-state index in [1.54, 1.807) is 12.1 Å². The molecule has 0 heterocycles. The molecule has 3 rings (SSSR count). The van der Waals surface area contributed by atoms with Gasteiger partial charge >= 0.3 is 0 Å². The summed E-state index contributed by atoms with van der Waals surface area (Å²) in [6, 6.07) is 13.2. The van der Waals surface area contributed by atoms with Crippen LogP contribution in [-0.2, 0) is 16.4 Å². The number of halogens is 3. The first-order valence-electron chi connectivity index (χ1n) is 9.23. The average Bonchev–Trinajstić information content (AvgIpc) is 2.73. The molecule has 0 spiro atoms. The zero-order chi connectivity index (χ0) is 22.6.